The summed E-state index contributed by atoms with van der Waals surface area (Å²) in [7, 11) is 0. The summed E-state index contributed by atoms with van der Waals surface area (Å²) in [6.07, 6.45) is 11.4. The SMILES string of the molecule is O=C1CC(c2csc(C3C(=O)OCC34CCCCC4)n2)C2(CCCCC2)O1. The van der Waals surface area contributed by atoms with Gasteiger partial charge in [0.2, 0.25) is 0 Å². The van der Waals surface area contributed by atoms with E-state index in [1.807, 2.05) is 0 Å². The second-order valence-corrected chi connectivity index (χ2v) is 9.82. The topological polar surface area (TPSA) is 65.5 Å². The summed E-state index contributed by atoms with van der Waals surface area (Å²) >= 11 is 1.57. The largest absolute Gasteiger partial charge is 0.465 e. The molecule has 2 spiro atoms. The van der Waals surface area contributed by atoms with E-state index in [1.54, 1.807) is 11.3 Å². The van der Waals surface area contributed by atoms with E-state index in [0.29, 0.717) is 13.0 Å². The zero-order chi connectivity index (χ0) is 18.5. The number of carbonyl (C=O) groups excluding carboxylic acids is 2. The monoisotopic (exact) mass is 389 g/mol. The van der Waals surface area contributed by atoms with Crippen LogP contribution in [-0.4, -0.2) is 29.1 Å². The molecule has 2 saturated heterocycles. The van der Waals surface area contributed by atoms with Crippen LogP contribution in [-0.2, 0) is 19.1 Å². The van der Waals surface area contributed by atoms with Crippen molar-refractivity contribution in [3.05, 3.63) is 16.1 Å². The van der Waals surface area contributed by atoms with Crippen molar-refractivity contribution in [2.24, 2.45) is 5.41 Å². The van der Waals surface area contributed by atoms with E-state index in [-0.39, 0.29) is 34.8 Å². The lowest BCUT2D eigenvalue weighted by Crippen LogP contribution is -2.36. The molecule has 2 aliphatic heterocycles. The van der Waals surface area contributed by atoms with E-state index in [4.69, 9.17) is 14.5 Å². The van der Waals surface area contributed by atoms with Crippen LogP contribution in [0.2, 0.25) is 0 Å². The third-order valence-electron chi connectivity index (χ3n) is 7.37. The molecule has 4 aliphatic rings. The maximum absolute atomic E-state index is 12.6. The van der Waals surface area contributed by atoms with Crippen LogP contribution in [0.1, 0.15) is 93.2 Å². The van der Waals surface area contributed by atoms with Crippen molar-refractivity contribution in [3.63, 3.8) is 0 Å². The van der Waals surface area contributed by atoms with Gasteiger partial charge in [-0.25, -0.2) is 4.98 Å². The smallest absolute Gasteiger partial charge is 0.316 e. The molecule has 0 radical (unpaired) electrons. The summed E-state index contributed by atoms with van der Waals surface area (Å²) in [6.45, 7) is 0.542. The molecular weight excluding hydrogens is 362 g/mol. The molecule has 0 amide bonds. The van der Waals surface area contributed by atoms with Crippen LogP contribution in [0.15, 0.2) is 5.38 Å². The molecule has 5 rings (SSSR count). The maximum atomic E-state index is 12.6. The summed E-state index contributed by atoms with van der Waals surface area (Å²) in [5.41, 5.74) is 0.530. The molecular formula is C21H27NO4S. The number of nitrogens with zero attached hydrogens (tertiary/aromatic N) is 1. The first kappa shape index (κ1) is 17.7. The van der Waals surface area contributed by atoms with Gasteiger partial charge >= 0.3 is 11.9 Å². The lowest BCUT2D eigenvalue weighted by atomic mass is 9.68. The van der Waals surface area contributed by atoms with Crippen LogP contribution in [0.4, 0.5) is 0 Å². The van der Waals surface area contributed by atoms with Crippen LogP contribution in [0.3, 0.4) is 0 Å². The Morgan fingerprint density at radius 3 is 2.44 bits per heavy atom. The van der Waals surface area contributed by atoms with Gasteiger partial charge in [-0.3, -0.25) is 9.59 Å². The number of hydrogen-bond acceptors (Lipinski definition) is 6. The van der Waals surface area contributed by atoms with Crippen LogP contribution in [0.5, 0.6) is 0 Å². The summed E-state index contributed by atoms with van der Waals surface area (Å²) in [4.78, 5) is 29.7. The minimum atomic E-state index is -0.362. The van der Waals surface area contributed by atoms with Gasteiger partial charge < -0.3 is 9.47 Å². The third kappa shape index (κ3) is 2.82. The Bertz CT molecular complexity index is 745. The predicted molar refractivity (Wildman–Crippen MR) is 101 cm³/mol. The average Bonchev–Trinajstić information content (AvgIpc) is 3.34. The van der Waals surface area contributed by atoms with Crippen molar-refractivity contribution in [1.82, 2.24) is 4.98 Å². The Balaban J connectivity index is 1.45. The third-order valence-corrected chi connectivity index (χ3v) is 8.29. The number of aromatic nitrogens is 1. The normalized spacial score (nSPS) is 32.0. The molecule has 2 unspecified atom stereocenters. The summed E-state index contributed by atoms with van der Waals surface area (Å²) in [5, 5.41) is 2.96. The Hall–Kier alpha value is -1.43. The number of rotatable bonds is 2. The summed E-state index contributed by atoms with van der Waals surface area (Å²) in [6, 6.07) is 0. The van der Waals surface area contributed by atoms with Crippen LogP contribution in [0, 0.1) is 5.41 Å². The van der Waals surface area contributed by atoms with Crippen LogP contribution < -0.4 is 0 Å². The lowest BCUT2D eigenvalue weighted by molar-refractivity contribution is -0.151. The standard InChI is InChI=1S/C21H27NO4S/c23-16-11-14(21(26-16)9-5-2-6-10-21)15-12-27-18(22-15)17-19(24)25-13-20(17)7-3-1-4-8-20/h12,14,17H,1-11,13H2. The number of ether oxygens (including phenoxy) is 2. The quantitative estimate of drug-likeness (QED) is 0.698. The molecule has 146 valence electrons. The fraction of sp³-hybridized carbons (Fsp3) is 0.762. The second-order valence-electron chi connectivity index (χ2n) is 8.93. The van der Waals surface area contributed by atoms with Gasteiger partial charge in [0.15, 0.2) is 0 Å². The van der Waals surface area contributed by atoms with E-state index < -0.39 is 0 Å². The van der Waals surface area contributed by atoms with Crippen molar-refractivity contribution in [3.8, 4) is 0 Å². The van der Waals surface area contributed by atoms with Gasteiger partial charge in [0.05, 0.1) is 24.6 Å². The van der Waals surface area contributed by atoms with Gasteiger partial charge in [-0.15, -0.1) is 11.3 Å². The van der Waals surface area contributed by atoms with Crippen molar-refractivity contribution in [1.29, 1.82) is 0 Å². The lowest BCUT2D eigenvalue weighted by Gasteiger charge is -2.36. The van der Waals surface area contributed by atoms with Crippen molar-refractivity contribution >= 4 is 23.3 Å². The highest BCUT2D eigenvalue weighted by molar-refractivity contribution is 7.09. The van der Waals surface area contributed by atoms with Gasteiger partial charge in [-0.05, 0) is 38.5 Å². The molecule has 3 heterocycles. The molecule has 5 nitrogen and oxygen atoms in total. The predicted octanol–water partition coefficient (Wildman–Crippen LogP) is 4.47. The minimum absolute atomic E-state index is 0.0371. The molecule has 4 fully saturated rings. The summed E-state index contributed by atoms with van der Waals surface area (Å²) in [5.74, 6) is -0.392. The highest BCUT2D eigenvalue weighted by Crippen LogP contribution is 2.54. The van der Waals surface area contributed by atoms with E-state index in [9.17, 15) is 9.59 Å². The fourth-order valence-electron chi connectivity index (χ4n) is 5.94. The Morgan fingerprint density at radius 1 is 1.00 bits per heavy atom. The van der Waals surface area contributed by atoms with Gasteiger partial charge in [0.1, 0.15) is 16.5 Å². The molecule has 1 aromatic heterocycles. The van der Waals surface area contributed by atoms with Gasteiger partial charge in [-0.2, -0.15) is 0 Å². The van der Waals surface area contributed by atoms with Crippen LogP contribution >= 0.6 is 11.3 Å². The number of thiazole rings is 1. The van der Waals surface area contributed by atoms with E-state index in [0.717, 1.165) is 49.2 Å². The summed E-state index contributed by atoms with van der Waals surface area (Å²) < 4.78 is 11.4. The van der Waals surface area contributed by atoms with Gasteiger partial charge in [-0.1, -0.05) is 25.7 Å². The fourth-order valence-corrected chi connectivity index (χ4v) is 7.04. The van der Waals surface area contributed by atoms with Crippen molar-refractivity contribution in [2.75, 3.05) is 6.61 Å². The second kappa shape index (κ2) is 6.57. The Labute approximate surface area is 163 Å². The van der Waals surface area contributed by atoms with Crippen LogP contribution in [0.25, 0.3) is 0 Å². The molecule has 1 aromatic rings. The molecule has 0 bridgehead atoms. The van der Waals surface area contributed by atoms with Gasteiger partial charge in [0.25, 0.3) is 0 Å². The van der Waals surface area contributed by atoms with E-state index in [2.05, 4.69) is 5.38 Å². The minimum Gasteiger partial charge on any atom is -0.465 e. The molecule has 0 N–H and O–H groups in total. The van der Waals surface area contributed by atoms with E-state index >= 15 is 0 Å². The molecule has 2 aliphatic carbocycles. The zero-order valence-corrected chi connectivity index (χ0v) is 16.5. The molecule has 2 saturated carbocycles. The first-order valence-electron chi connectivity index (χ1n) is 10.5. The highest BCUT2D eigenvalue weighted by atomic mass is 32.1. The molecule has 6 heteroatoms. The Kier molecular flexibility index (Phi) is 4.30. The number of hydrogen-bond donors (Lipinski definition) is 0. The Morgan fingerprint density at radius 2 is 1.70 bits per heavy atom. The molecule has 27 heavy (non-hydrogen) atoms. The van der Waals surface area contributed by atoms with Crippen molar-refractivity contribution in [2.45, 2.75) is 88.1 Å². The van der Waals surface area contributed by atoms with Gasteiger partial charge in [0, 0.05) is 10.8 Å². The zero-order valence-electron chi connectivity index (χ0n) is 15.7. The maximum Gasteiger partial charge on any atom is 0.316 e. The highest BCUT2D eigenvalue weighted by Gasteiger charge is 2.54. The molecule has 2 atom stereocenters. The first-order chi connectivity index (χ1) is 13.1. The number of cyclic esters (lactones) is 1. The number of esters is 2. The van der Waals surface area contributed by atoms with E-state index in [1.165, 1.54) is 25.7 Å². The van der Waals surface area contributed by atoms with Crippen molar-refractivity contribution < 1.29 is 19.1 Å². The number of carbonyl (C=O) groups is 2. The first-order valence-corrected chi connectivity index (χ1v) is 11.3. The molecule has 0 aromatic carbocycles. The average molecular weight is 390 g/mol.